The van der Waals surface area contributed by atoms with Crippen molar-refractivity contribution in [2.24, 2.45) is 0 Å². The van der Waals surface area contributed by atoms with Crippen LogP contribution < -0.4 is 4.74 Å². The molecule has 0 N–H and O–H groups in total. The highest BCUT2D eigenvalue weighted by atomic mass is 127. The lowest BCUT2D eigenvalue weighted by Crippen LogP contribution is -1.82. The summed E-state index contributed by atoms with van der Waals surface area (Å²) < 4.78 is 5.94. The molecule has 0 saturated carbocycles. The second-order valence-electron chi connectivity index (χ2n) is 2.30. The Bertz CT molecular complexity index is 317. The minimum atomic E-state index is 0.711. The quantitative estimate of drug-likeness (QED) is 0.699. The number of halogens is 3. The summed E-state index contributed by atoms with van der Waals surface area (Å²) in [5, 5.41) is 0.711. The van der Waals surface area contributed by atoms with Crippen molar-refractivity contribution >= 4 is 55.2 Å². The first-order valence-electron chi connectivity index (χ1n) is 3.50. The maximum absolute atomic E-state index is 6.02. The highest BCUT2D eigenvalue weighted by Crippen LogP contribution is 2.31. The van der Waals surface area contributed by atoms with Gasteiger partial charge in [0.2, 0.25) is 0 Å². The van der Waals surface area contributed by atoms with Crippen LogP contribution in [0.3, 0.4) is 0 Å². The van der Waals surface area contributed by atoms with Crippen molar-refractivity contribution in [3.05, 3.63) is 32.3 Å². The Morgan fingerprint density at radius 3 is 2.31 bits per heavy atom. The number of benzene rings is 1. The van der Waals surface area contributed by atoms with Gasteiger partial charge in [0, 0.05) is 0 Å². The number of hydrogen-bond acceptors (Lipinski definition) is 1. The third kappa shape index (κ3) is 3.14. The lowest BCUT2D eigenvalue weighted by Gasteiger charge is -2.02. The molecule has 4 heteroatoms. The van der Waals surface area contributed by atoms with Gasteiger partial charge in [-0.3, -0.25) is 0 Å². The molecule has 0 saturated heterocycles. The highest BCUT2D eigenvalue weighted by molar-refractivity contribution is 14.1. The van der Waals surface area contributed by atoms with Crippen LogP contribution in [0.4, 0.5) is 0 Å². The van der Waals surface area contributed by atoms with Crippen LogP contribution in [-0.2, 0) is 0 Å². The molecule has 0 aromatic heterocycles. The van der Waals surface area contributed by atoms with Crippen LogP contribution in [0.15, 0.2) is 26.8 Å². The van der Waals surface area contributed by atoms with Gasteiger partial charge in [0.05, 0.1) is 14.6 Å². The van der Waals surface area contributed by atoms with Crippen molar-refractivity contribution in [1.82, 2.24) is 0 Å². The lowest BCUT2D eigenvalue weighted by molar-refractivity contribution is 0.415. The van der Waals surface area contributed by atoms with E-state index in [2.05, 4.69) is 38.5 Å². The number of rotatable bonds is 2. The van der Waals surface area contributed by atoms with E-state index in [0.29, 0.717) is 5.03 Å². The largest absolute Gasteiger partial charge is 0.497 e. The molecule has 0 aliphatic carbocycles. The van der Waals surface area contributed by atoms with Crippen molar-refractivity contribution in [1.29, 1.82) is 0 Å². The number of methoxy groups -OCH3 is 1. The van der Waals surface area contributed by atoms with E-state index in [0.717, 1.165) is 13.8 Å². The molecule has 1 rings (SSSR count). The zero-order valence-corrected chi connectivity index (χ0v) is 11.4. The molecule has 0 radical (unpaired) electrons. The normalized spacial score (nSPS) is 12.3. The molecular formula is C9H7BrClIO. The Balaban J connectivity index is 2.99. The summed E-state index contributed by atoms with van der Waals surface area (Å²) in [5.74, 6) is 0.831. The molecule has 1 nitrogen and oxygen atoms in total. The van der Waals surface area contributed by atoms with E-state index >= 15 is 0 Å². The Labute approximate surface area is 104 Å². The first kappa shape index (κ1) is 11.3. The fraction of sp³-hybridized carbons (Fsp3) is 0.111. The molecule has 0 heterocycles. The Hall–Kier alpha value is 0.260. The molecule has 1 aromatic carbocycles. The van der Waals surface area contributed by atoms with Gasteiger partial charge >= 0.3 is 0 Å². The topological polar surface area (TPSA) is 9.23 Å². The molecule has 0 bridgehead atoms. The third-order valence-electron chi connectivity index (χ3n) is 1.51. The molecule has 0 aliphatic heterocycles. The standard InChI is InChI=1S/C9H7BrClIO/c1-13-7-4-2-6(3-5-7)8(11)9(10)12/h2-5H,1H3/b9-8+. The van der Waals surface area contributed by atoms with Crippen molar-refractivity contribution in [3.8, 4) is 5.75 Å². The minimum Gasteiger partial charge on any atom is -0.497 e. The van der Waals surface area contributed by atoms with Crippen molar-refractivity contribution < 1.29 is 4.74 Å². The molecule has 70 valence electrons. The van der Waals surface area contributed by atoms with Gasteiger partial charge in [0.15, 0.2) is 0 Å². The number of hydrogen-bond donors (Lipinski definition) is 0. The summed E-state index contributed by atoms with van der Waals surface area (Å²) in [6.07, 6.45) is 0. The van der Waals surface area contributed by atoms with Gasteiger partial charge in [-0.2, -0.15) is 0 Å². The van der Waals surface area contributed by atoms with Crippen LogP contribution in [0.5, 0.6) is 5.75 Å². The maximum atomic E-state index is 6.02. The second kappa shape index (κ2) is 5.22. The average Bonchev–Trinajstić information content (AvgIpc) is 2.17. The Morgan fingerprint density at radius 2 is 1.92 bits per heavy atom. The first-order valence-corrected chi connectivity index (χ1v) is 5.75. The average molecular weight is 373 g/mol. The van der Waals surface area contributed by atoms with E-state index in [-0.39, 0.29) is 0 Å². The van der Waals surface area contributed by atoms with Gasteiger partial charge in [-0.25, -0.2) is 0 Å². The smallest absolute Gasteiger partial charge is 0.118 e. The van der Waals surface area contributed by atoms with Gasteiger partial charge in [0.25, 0.3) is 0 Å². The fourth-order valence-corrected chi connectivity index (χ4v) is 1.51. The van der Waals surface area contributed by atoms with Crippen molar-refractivity contribution in [2.75, 3.05) is 7.11 Å². The molecule has 0 fully saturated rings. The van der Waals surface area contributed by atoms with Crippen LogP contribution in [0.1, 0.15) is 5.56 Å². The van der Waals surface area contributed by atoms with Gasteiger partial charge < -0.3 is 4.74 Å². The van der Waals surface area contributed by atoms with E-state index in [1.54, 1.807) is 7.11 Å². The minimum absolute atomic E-state index is 0.711. The van der Waals surface area contributed by atoms with Crippen molar-refractivity contribution in [3.63, 3.8) is 0 Å². The van der Waals surface area contributed by atoms with Gasteiger partial charge in [0.1, 0.15) is 5.75 Å². The molecule has 0 unspecified atom stereocenters. The van der Waals surface area contributed by atoms with E-state index in [9.17, 15) is 0 Å². The zero-order chi connectivity index (χ0) is 9.84. The predicted octanol–water partition coefficient (Wildman–Crippen LogP) is 4.39. The summed E-state index contributed by atoms with van der Waals surface area (Å²) in [6.45, 7) is 0. The molecule has 0 aliphatic rings. The van der Waals surface area contributed by atoms with E-state index in [4.69, 9.17) is 16.3 Å². The Kier molecular flexibility index (Phi) is 4.55. The fourth-order valence-electron chi connectivity index (χ4n) is 0.846. The summed E-state index contributed by atoms with van der Waals surface area (Å²) in [5.41, 5.74) is 0.976. The summed E-state index contributed by atoms with van der Waals surface area (Å²) >= 11 is 11.5. The second-order valence-corrected chi connectivity index (χ2v) is 6.04. The molecule has 1 aromatic rings. The summed E-state index contributed by atoms with van der Waals surface area (Å²) in [6, 6.07) is 7.59. The van der Waals surface area contributed by atoms with Gasteiger partial charge in [-0.1, -0.05) is 11.6 Å². The lowest BCUT2D eigenvalue weighted by atomic mass is 10.2. The van der Waals surface area contributed by atoms with Gasteiger partial charge in [-0.15, -0.1) is 0 Å². The third-order valence-corrected chi connectivity index (χ3v) is 3.40. The van der Waals surface area contributed by atoms with Crippen LogP contribution >= 0.6 is 50.1 Å². The van der Waals surface area contributed by atoms with Crippen LogP contribution in [0.25, 0.3) is 5.03 Å². The monoisotopic (exact) mass is 372 g/mol. The number of ether oxygens (including phenoxy) is 1. The molecule has 0 atom stereocenters. The zero-order valence-electron chi connectivity index (χ0n) is 6.85. The predicted molar refractivity (Wildman–Crippen MR) is 68.7 cm³/mol. The highest BCUT2D eigenvalue weighted by Gasteiger charge is 2.01. The Morgan fingerprint density at radius 1 is 1.38 bits per heavy atom. The SMILES string of the molecule is COc1ccc(/C(Cl)=C(/Br)I)cc1. The molecule has 13 heavy (non-hydrogen) atoms. The first-order chi connectivity index (χ1) is 6.15. The van der Waals surface area contributed by atoms with E-state index < -0.39 is 0 Å². The maximum Gasteiger partial charge on any atom is 0.118 e. The van der Waals surface area contributed by atoms with E-state index in [1.807, 2.05) is 24.3 Å². The van der Waals surface area contributed by atoms with Crippen LogP contribution in [-0.4, -0.2) is 7.11 Å². The summed E-state index contributed by atoms with van der Waals surface area (Å²) in [4.78, 5) is 0. The van der Waals surface area contributed by atoms with Crippen molar-refractivity contribution in [2.45, 2.75) is 0 Å². The molecule has 0 spiro atoms. The van der Waals surface area contributed by atoms with Gasteiger partial charge in [-0.05, 0) is 68.3 Å². The molecular weight excluding hydrogens is 366 g/mol. The van der Waals surface area contributed by atoms with E-state index in [1.165, 1.54) is 0 Å². The van der Waals surface area contributed by atoms with Crippen LogP contribution in [0.2, 0.25) is 0 Å². The summed E-state index contributed by atoms with van der Waals surface area (Å²) in [7, 11) is 1.64. The molecule has 0 amide bonds. The van der Waals surface area contributed by atoms with Crippen LogP contribution in [0, 0.1) is 0 Å².